The molecule has 6 nitrogen and oxygen atoms in total. The van der Waals surface area contributed by atoms with Gasteiger partial charge in [-0.1, -0.05) is 11.2 Å². The second-order valence-electron chi connectivity index (χ2n) is 5.66. The molecule has 128 valence electrons. The molecule has 3 rings (SSSR count). The number of hydrogen-bond donors (Lipinski definition) is 1. The molecular formula is C17H19FN2O4. The molecule has 24 heavy (non-hydrogen) atoms. The molecule has 1 aromatic heterocycles. The Labute approximate surface area is 138 Å². The molecule has 1 unspecified atom stereocenters. The van der Waals surface area contributed by atoms with Gasteiger partial charge in [-0.15, -0.1) is 0 Å². The Balaban J connectivity index is 1.63. The summed E-state index contributed by atoms with van der Waals surface area (Å²) in [5.74, 6) is 0.152. The van der Waals surface area contributed by atoms with Crippen molar-refractivity contribution in [3.05, 3.63) is 47.1 Å². The number of rotatable bonds is 6. The van der Waals surface area contributed by atoms with E-state index in [0.717, 1.165) is 19.4 Å². The Morgan fingerprint density at radius 1 is 1.50 bits per heavy atom. The van der Waals surface area contributed by atoms with Gasteiger partial charge in [0.05, 0.1) is 11.7 Å². The largest absolute Gasteiger partial charge is 0.489 e. The van der Waals surface area contributed by atoms with Gasteiger partial charge < -0.3 is 19.3 Å². The fourth-order valence-electron chi connectivity index (χ4n) is 2.55. The number of hydrogen-bond acceptors (Lipinski definition) is 5. The number of aryl methyl sites for hydroxylation is 1. The van der Waals surface area contributed by atoms with E-state index in [-0.39, 0.29) is 30.1 Å². The topological polar surface area (TPSA) is 73.6 Å². The smallest absolute Gasteiger partial charge is 0.273 e. The lowest BCUT2D eigenvalue weighted by atomic mass is 10.2. The number of halogens is 1. The van der Waals surface area contributed by atoms with Crippen LogP contribution >= 0.6 is 0 Å². The Kier molecular flexibility index (Phi) is 5.10. The van der Waals surface area contributed by atoms with E-state index in [9.17, 15) is 9.18 Å². The third-order valence-corrected chi connectivity index (χ3v) is 3.89. The maximum Gasteiger partial charge on any atom is 0.273 e. The molecule has 1 atom stereocenters. The SMILES string of the molecule is Cc1onc(C(=O)NCC2CCCO2)c1COc1cccc(F)c1. The third kappa shape index (κ3) is 3.91. The quantitative estimate of drug-likeness (QED) is 0.879. The molecule has 0 saturated carbocycles. The highest BCUT2D eigenvalue weighted by atomic mass is 19.1. The average molecular weight is 334 g/mol. The molecule has 1 aromatic carbocycles. The maximum atomic E-state index is 13.2. The number of nitrogens with one attached hydrogen (secondary N) is 1. The highest BCUT2D eigenvalue weighted by Gasteiger charge is 2.22. The number of amides is 1. The first-order valence-electron chi connectivity index (χ1n) is 7.87. The van der Waals surface area contributed by atoms with E-state index in [2.05, 4.69) is 10.5 Å². The van der Waals surface area contributed by atoms with E-state index < -0.39 is 0 Å². The summed E-state index contributed by atoms with van der Waals surface area (Å²) in [5, 5.41) is 6.61. The summed E-state index contributed by atoms with van der Waals surface area (Å²) >= 11 is 0. The molecule has 7 heteroatoms. The van der Waals surface area contributed by atoms with Crippen molar-refractivity contribution < 1.29 is 23.2 Å². The molecule has 2 aromatic rings. The van der Waals surface area contributed by atoms with E-state index in [4.69, 9.17) is 14.0 Å². The van der Waals surface area contributed by atoms with Gasteiger partial charge in [0.1, 0.15) is 23.9 Å². The maximum absolute atomic E-state index is 13.2. The average Bonchev–Trinajstić information content (AvgIpc) is 3.20. The highest BCUT2D eigenvalue weighted by Crippen LogP contribution is 2.19. The van der Waals surface area contributed by atoms with Crippen molar-refractivity contribution in [1.29, 1.82) is 0 Å². The molecule has 1 aliphatic rings. The monoisotopic (exact) mass is 334 g/mol. The first kappa shape index (κ1) is 16.4. The lowest BCUT2D eigenvalue weighted by Gasteiger charge is -2.10. The first-order chi connectivity index (χ1) is 11.6. The summed E-state index contributed by atoms with van der Waals surface area (Å²) in [4.78, 5) is 12.3. The molecule has 1 fully saturated rings. The number of ether oxygens (including phenoxy) is 2. The second kappa shape index (κ2) is 7.44. The first-order valence-corrected chi connectivity index (χ1v) is 7.87. The van der Waals surface area contributed by atoms with Crippen LogP contribution in [0.3, 0.4) is 0 Å². The van der Waals surface area contributed by atoms with Gasteiger partial charge in [-0.3, -0.25) is 4.79 Å². The van der Waals surface area contributed by atoms with Crippen LogP contribution < -0.4 is 10.1 Å². The zero-order valence-corrected chi connectivity index (χ0v) is 13.4. The van der Waals surface area contributed by atoms with E-state index in [0.29, 0.717) is 23.6 Å². The van der Waals surface area contributed by atoms with Crippen LogP contribution in [0.15, 0.2) is 28.8 Å². The summed E-state index contributed by atoms with van der Waals surface area (Å²) in [6.45, 7) is 2.95. The highest BCUT2D eigenvalue weighted by molar-refractivity contribution is 5.93. The molecule has 0 radical (unpaired) electrons. The van der Waals surface area contributed by atoms with Crippen LogP contribution in [0, 0.1) is 12.7 Å². The number of carbonyl (C=O) groups excluding carboxylic acids is 1. The minimum absolute atomic E-state index is 0.0499. The molecule has 1 aliphatic heterocycles. The Morgan fingerprint density at radius 3 is 3.12 bits per heavy atom. The van der Waals surface area contributed by atoms with Crippen molar-refractivity contribution in [2.75, 3.05) is 13.2 Å². The van der Waals surface area contributed by atoms with Crippen molar-refractivity contribution in [1.82, 2.24) is 10.5 Å². The van der Waals surface area contributed by atoms with Crippen molar-refractivity contribution >= 4 is 5.91 Å². The fraction of sp³-hybridized carbons (Fsp3) is 0.412. The van der Waals surface area contributed by atoms with E-state index in [1.54, 1.807) is 19.1 Å². The van der Waals surface area contributed by atoms with Gasteiger partial charge >= 0.3 is 0 Å². The molecule has 0 aliphatic carbocycles. The molecule has 1 N–H and O–H groups in total. The zero-order chi connectivity index (χ0) is 16.9. The van der Waals surface area contributed by atoms with Gasteiger partial charge in [0.25, 0.3) is 5.91 Å². The van der Waals surface area contributed by atoms with Crippen LogP contribution in [0.4, 0.5) is 4.39 Å². The standard InChI is InChI=1S/C17H19FN2O4/c1-11-15(10-23-13-5-2-4-12(18)8-13)16(20-24-11)17(21)19-9-14-6-3-7-22-14/h2,4-5,8,14H,3,6-7,9-10H2,1H3,(H,19,21). The van der Waals surface area contributed by atoms with Crippen molar-refractivity contribution in [2.45, 2.75) is 32.5 Å². The van der Waals surface area contributed by atoms with Gasteiger partial charge in [0.15, 0.2) is 5.69 Å². The molecule has 0 bridgehead atoms. The molecule has 1 saturated heterocycles. The number of carbonyl (C=O) groups is 1. The summed E-state index contributed by atoms with van der Waals surface area (Å²) in [6.07, 6.45) is 2.00. The van der Waals surface area contributed by atoms with Crippen LogP contribution in [0.25, 0.3) is 0 Å². The Bertz CT molecular complexity index is 710. The lowest BCUT2D eigenvalue weighted by molar-refractivity contribution is 0.0848. The third-order valence-electron chi connectivity index (χ3n) is 3.89. The van der Waals surface area contributed by atoms with E-state index in [1.807, 2.05) is 0 Å². The van der Waals surface area contributed by atoms with Gasteiger partial charge in [-0.2, -0.15) is 0 Å². The molecular weight excluding hydrogens is 315 g/mol. The van der Waals surface area contributed by atoms with Gasteiger partial charge in [0.2, 0.25) is 0 Å². The number of aromatic nitrogens is 1. The summed E-state index contributed by atoms with van der Waals surface area (Å²) in [5.41, 5.74) is 0.728. The second-order valence-corrected chi connectivity index (χ2v) is 5.66. The summed E-state index contributed by atoms with van der Waals surface area (Å²) in [7, 11) is 0. The predicted molar refractivity (Wildman–Crippen MR) is 83.3 cm³/mol. The molecule has 1 amide bonds. The predicted octanol–water partition coefficient (Wildman–Crippen LogP) is 2.61. The van der Waals surface area contributed by atoms with Crippen molar-refractivity contribution in [2.24, 2.45) is 0 Å². The van der Waals surface area contributed by atoms with Crippen LogP contribution in [-0.2, 0) is 11.3 Å². The van der Waals surface area contributed by atoms with Crippen LogP contribution in [-0.4, -0.2) is 30.3 Å². The van der Waals surface area contributed by atoms with Crippen LogP contribution in [0.1, 0.15) is 34.7 Å². The van der Waals surface area contributed by atoms with Crippen molar-refractivity contribution in [3.63, 3.8) is 0 Å². The van der Waals surface area contributed by atoms with Gasteiger partial charge in [0, 0.05) is 19.2 Å². The summed E-state index contributed by atoms with van der Waals surface area (Å²) < 4.78 is 29.3. The fourth-order valence-corrected chi connectivity index (χ4v) is 2.55. The Hall–Kier alpha value is -2.41. The molecule has 2 heterocycles. The van der Waals surface area contributed by atoms with Crippen LogP contribution in [0.2, 0.25) is 0 Å². The van der Waals surface area contributed by atoms with E-state index >= 15 is 0 Å². The summed E-state index contributed by atoms with van der Waals surface area (Å²) in [6, 6.07) is 5.81. The minimum Gasteiger partial charge on any atom is -0.489 e. The lowest BCUT2D eigenvalue weighted by Crippen LogP contribution is -2.32. The number of benzene rings is 1. The molecule has 0 spiro atoms. The Morgan fingerprint density at radius 2 is 2.38 bits per heavy atom. The van der Waals surface area contributed by atoms with Gasteiger partial charge in [-0.05, 0) is 31.9 Å². The van der Waals surface area contributed by atoms with Gasteiger partial charge in [-0.25, -0.2) is 4.39 Å². The van der Waals surface area contributed by atoms with E-state index in [1.165, 1.54) is 12.1 Å². The zero-order valence-electron chi connectivity index (χ0n) is 13.4. The van der Waals surface area contributed by atoms with Crippen LogP contribution in [0.5, 0.6) is 5.75 Å². The van der Waals surface area contributed by atoms with Crippen molar-refractivity contribution in [3.8, 4) is 5.75 Å². The number of nitrogens with zero attached hydrogens (tertiary/aromatic N) is 1. The minimum atomic E-state index is -0.385. The normalized spacial score (nSPS) is 17.0.